The average molecular weight is 97.2 g/mol. The summed E-state index contributed by atoms with van der Waals surface area (Å²) in [6.07, 6.45) is 7.28. The lowest BCUT2D eigenvalue weighted by atomic mass is 10.2. The fourth-order valence-electron chi connectivity index (χ4n) is 0.798. The molecule has 1 aliphatic heterocycles. The van der Waals surface area contributed by atoms with Gasteiger partial charge in [0.15, 0.2) is 0 Å². The van der Waals surface area contributed by atoms with Crippen molar-refractivity contribution < 1.29 is 0 Å². The summed E-state index contributed by atoms with van der Waals surface area (Å²) in [5.74, 6) is 0. The molecule has 1 aliphatic rings. The Morgan fingerprint density at radius 1 is 1.14 bits per heavy atom. The van der Waals surface area contributed by atoms with Crippen molar-refractivity contribution in [3.63, 3.8) is 0 Å². The van der Waals surface area contributed by atoms with Gasteiger partial charge in [-0.3, -0.25) is 0 Å². The molecule has 0 N–H and O–H groups in total. The van der Waals surface area contributed by atoms with Crippen molar-refractivity contribution >= 4 is 6.21 Å². The van der Waals surface area contributed by atoms with E-state index in [4.69, 9.17) is 0 Å². The van der Waals surface area contributed by atoms with Crippen LogP contribution in [0.1, 0.15) is 25.7 Å². The molecule has 1 heterocycles. The molecule has 39 valence electrons. The van der Waals surface area contributed by atoms with Crippen LogP contribution in [-0.4, -0.2) is 12.8 Å². The van der Waals surface area contributed by atoms with Crippen molar-refractivity contribution in [3.05, 3.63) is 0 Å². The van der Waals surface area contributed by atoms with E-state index in [1.165, 1.54) is 25.7 Å². The molecule has 0 unspecified atom stereocenters. The number of aliphatic imine (C=N–C) groups is 1. The van der Waals surface area contributed by atoms with Crippen molar-refractivity contribution in [2.24, 2.45) is 0 Å². The van der Waals surface area contributed by atoms with E-state index in [9.17, 15) is 0 Å². The van der Waals surface area contributed by atoms with E-state index in [2.05, 4.69) is 4.99 Å². The van der Waals surface area contributed by atoms with Crippen LogP contribution in [0.2, 0.25) is 0 Å². The van der Waals surface area contributed by atoms with Gasteiger partial charge in [-0.15, -0.1) is 0 Å². The van der Waals surface area contributed by atoms with Gasteiger partial charge in [0.1, 0.15) is 0 Å². The van der Waals surface area contributed by atoms with Crippen LogP contribution in [0.15, 0.2) is 0 Å². The summed E-state index contributed by atoms with van der Waals surface area (Å²) in [7, 11) is 0. The number of hydrogen-bond acceptors (Lipinski definition) is 1. The summed E-state index contributed by atoms with van der Waals surface area (Å²) in [6.45, 7) is 1.07. The molecule has 1 rings (SSSR count). The normalized spacial score (nSPS) is 21.7. The Kier molecular flexibility index (Phi) is 1.91. The summed E-state index contributed by atoms with van der Waals surface area (Å²) in [4.78, 5) is 4.15. The van der Waals surface area contributed by atoms with Gasteiger partial charge >= 0.3 is 0 Å². The van der Waals surface area contributed by atoms with E-state index < -0.39 is 0 Å². The van der Waals surface area contributed by atoms with Crippen LogP contribution in [0, 0.1) is 0 Å². The molecule has 0 aromatic carbocycles. The smallest absolute Gasteiger partial charge is 0.0465 e. The average Bonchev–Trinajstić information content (AvgIpc) is 1.90. The predicted octanol–water partition coefficient (Wildman–Crippen LogP) is 0.967. The Morgan fingerprint density at radius 2 is 2.14 bits per heavy atom. The summed E-state index contributed by atoms with van der Waals surface area (Å²) in [5, 5.41) is 0. The Morgan fingerprint density at radius 3 is 3.14 bits per heavy atom. The van der Waals surface area contributed by atoms with Crippen molar-refractivity contribution in [1.82, 2.24) is 4.99 Å². The largest absolute Gasteiger partial charge is 0.211 e. The van der Waals surface area contributed by atoms with Crippen LogP contribution in [0.3, 0.4) is 0 Å². The van der Waals surface area contributed by atoms with Gasteiger partial charge in [0.25, 0.3) is 0 Å². The quantitative estimate of drug-likeness (QED) is 0.427. The van der Waals surface area contributed by atoms with Gasteiger partial charge in [-0.05, 0) is 12.8 Å². The number of rotatable bonds is 0. The van der Waals surface area contributed by atoms with Gasteiger partial charge in [0, 0.05) is 17.8 Å². The van der Waals surface area contributed by atoms with E-state index >= 15 is 0 Å². The van der Waals surface area contributed by atoms with Crippen LogP contribution in [0.4, 0.5) is 0 Å². The molecule has 1 nitrogen and oxygen atoms in total. The zero-order valence-corrected chi connectivity index (χ0v) is 4.56. The van der Waals surface area contributed by atoms with Crippen LogP contribution >= 0.6 is 0 Å². The van der Waals surface area contributed by atoms with Crippen molar-refractivity contribution in [1.29, 1.82) is 0 Å². The first-order chi connectivity index (χ1) is 3.50. The Bertz CT molecular complexity index is 58.6. The van der Waals surface area contributed by atoms with Crippen LogP contribution in [0.25, 0.3) is 0 Å². The maximum absolute atomic E-state index is 4.15. The first-order valence-corrected chi connectivity index (χ1v) is 2.98. The Hall–Kier alpha value is -0.330. The van der Waals surface area contributed by atoms with Crippen LogP contribution in [0.5, 0.6) is 0 Å². The van der Waals surface area contributed by atoms with Crippen LogP contribution < -0.4 is 4.99 Å². The van der Waals surface area contributed by atoms with Gasteiger partial charge < -0.3 is 0 Å². The zero-order valence-electron chi connectivity index (χ0n) is 4.56. The van der Waals surface area contributed by atoms with Gasteiger partial charge in [-0.2, -0.15) is 0 Å². The maximum atomic E-state index is 4.15. The molecule has 0 aromatic rings. The van der Waals surface area contributed by atoms with Crippen molar-refractivity contribution in [3.8, 4) is 0 Å². The van der Waals surface area contributed by atoms with Crippen molar-refractivity contribution in [2.45, 2.75) is 25.7 Å². The second kappa shape index (κ2) is 2.78. The molecule has 0 amide bonds. The first kappa shape index (κ1) is 4.82. The minimum atomic E-state index is 1.07. The predicted molar refractivity (Wildman–Crippen MR) is 31.5 cm³/mol. The van der Waals surface area contributed by atoms with E-state index in [-0.39, 0.29) is 0 Å². The molecule has 7 heavy (non-hydrogen) atoms. The molecular weight excluding hydrogens is 86.1 g/mol. The Balaban J connectivity index is 2.20. The molecule has 0 fully saturated rings. The highest BCUT2D eigenvalue weighted by atomic mass is 14.7. The molecule has 0 aliphatic carbocycles. The highest BCUT2D eigenvalue weighted by Crippen LogP contribution is 1.98. The third kappa shape index (κ3) is 1.72. The Labute approximate surface area is 44.5 Å². The van der Waals surface area contributed by atoms with Gasteiger partial charge in [-0.1, -0.05) is 0 Å². The monoisotopic (exact) mass is 97.1 g/mol. The molecular formula is C6H11N+. The molecule has 0 aromatic heterocycles. The standard InChI is InChI=1S/C6H11N/c1-2-4-6-7-5-3-1/h5H,1-4,6H2/q+1. The fraction of sp³-hybridized carbons (Fsp3) is 0.833. The van der Waals surface area contributed by atoms with E-state index in [1.807, 2.05) is 6.21 Å². The zero-order chi connectivity index (χ0) is 4.95. The maximum Gasteiger partial charge on any atom is 0.211 e. The molecule has 0 saturated carbocycles. The fourth-order valence-corrected chi connectivity index (χ4v) is 0.798. The highest BCUT2D eigenvalue weighted by molar-refractivity contribution is 5.55. The lowest BCUT2D eigenvalue weighted by Crippen LogP contribution is -1.89. The van der Waals surface area contributed by atoms with Crippen LogP contribution in [-0.2, 0) is 0 Å². The summed E-state index contributed by atoms with van der Waals surface area (Å²) in [5.41, 5.74) is 0. The molecule has 1 heteroatoms. The van der Waals surface area contributed by atoms with Crippen molar-refractivity contribution in [2.75, 3.05) is 6.54 Å². The molecule has 0 atom stereocenters. The summed E-state index contributed by atoms with van der Waals surface area (Å²) < 4.78 is 0. The van der Waals surface area contributed by atoms with E-state index in [1.54, 1.807) is 0 Å². The molecule has 1 radical (unpaired) electrons. The minimum absolute atomic E-state index is 1.07. The second-order valence-corrected chi connectivity index (χ2v) is 1.94. The van der Waals surface area contributed by atoms with Gasteiger partial charge in [0.2, 0.25) is 12.8 Å². The molecule has 0 spiro atoms. The third-order valence-electron chi connectivity index (χ3n) is 1.25. The summed E-state index contributed by atoms with van der Waals surface area (Å²) >= 11 is 0. The lowest BCUT2D eigenvalue weighted by molar-refractivity contribution is 0.718. The van der Waals surface area contributed by atoms with Gasteiger partial charge in [0.05, 0.1) is 0 Å². The second-order valence-electron chi connectivity index (χ2n) is 1.94. The first-order valence-electron chi connectivity index (χ1n) is 2.98. The van der Waals surface area contributed by atoms with E-state index in [0.717, 1.165) is 6.54 Å². The topological polar surface area (TPSA) is 14.1 Å². The summed E-state index contributed by atoms with van der Waals surface area (Å²) in [6, 6.07) is 0. The minimum Gasteiger partial charge on any atom is -0.0465 e. The van der Waals surface area contributed by atoms with Gasteiger partial charge in [-0.25, -0.2) is 0 Å². The molecule has 0 bridgehead atoms. The SMILES string of the molecule is C1=[N+]CCCCC1. The highest BCUT2D eigenvalue weighted by Gasteiger charge is 1.98. The molecule has 0 saturated heterocycles. The number of nitrogens with zero attached hydrogens (tertiary/aromatic N) is 1. The third-order valence-corrected chi connectivity index (χ3v) is 1.25. The number of hydrogen-bond donors (Lipinski definition) is 0. The lowest BCUT2D eigenvalue weighted by Gasteiger charge is -1.80. The van der Waals surface area contributed by atoms with E-state index in [0.29, 0.717) is 0 Å².